The van der Waals surface area contributed by atoms with Crippen molar-refractivity contribution in [1.29, 1.82) is 0 Å². The number of benzene rings is 2. The van der Waals surface area contributed by atoms with Gasteiger partial charge in [-0.2, -0.15) is 0 Å². The molecule has 2 aromatic rings. The van der Waals surface area contributed by atoms with Gasteiger partial charge in [-0.25, -0.2) is 0 Å². The van der Waals surface area contributed by atoms with Crippen LogP contribution in [0, 0.1) is 23.7 Å². The smallest absolute Gasteiger partial charge is 0.307 e. The predicted molar refractivity (Wildman–Crippen MR) is 87.9 cm³/mol. The second kappa shape index (κ2) is 5.23. The minimum Gasteiger partial charge on any atom is -0.481 e. The van der Waals surface area contributed by atoms with Crippen molar-refractivity contribution in [2.45, 2.75) is 6.42 Å². The topological polar surface area (TPSA) is 66.4 Å². The number of carboxylic acids is 1. The van der Waals surface area contributed by atoms with Crippen LogP contribution in [0.25, 0.3) is 10.8 Å². The molecule has 0 aromatic heterocycles. The highest BCUT2D eigenvalue weighted by Gasteiger charge is 2.51. The summed E-state index contributed by atoms with van der Waals surface area (Å²) in [5, 5.41) is 14.5. The van der Waals surface area contributed by atoms with Gasteiger partial charge in [-0.1, -0.05) is 48.6 Å². The molecule has 2 bridgehead atoms. The molecule has 2 aliphatic carbocycles. The van der Waals surface area contributed by atoms with Crippen LogP contribution in [-0.4, -0.2) is 17.0 Å². The van der Waals surface area contributed by atoms with Gasteiger partial charge in [-0.05, 0) is 29.7 Å². The van der Waals surface area contributed by atoms with Crippen molar-refractivity contribution < 1.29 is 14.7 Å². The number of fused-ring (bicyclic) bond motifs is 3. The molecule has 4 heteroatoms. The van der Waals surface area contributed by atoms with E-state index in [1.54, 1.807) is 0 Å². The molecular weight excluding hydrogens is 290 g/mol. The molecule has 4 unspecified atom stereocenters. The second-order valence-corrected chi connectivity index (χ2v) is 6.35. The molecule has 2 N–H and O–H groups in total. The Hall–Kier alpha value is -2.62. The van der Waals surface area contributed by atoms with Crippen molar-refractivity contribution in [2.75, 3.05) is 5.32 Å². The van der Waals surface area contributed by atoms with E-state index in [0.29, 0.717) is 0 Å². The summed E-state index contributed by atoms with van der Waals surface area (Å²) in [6, 6.07) is 13.6. The van der Waals surface area contributed by atoms with Crippen LogP contribution in [0.3, 0.4) is 0 Å². The summed E-state index contributed by atoms with van der Waals surface area (Å²) < 4.78 is 0. The van der Waals surface area contributed by atoms with Crippen molar-refractivity contribution >= 4 is 28.3 Å². The number of allylic oxidation sites excluding steroid dienone is 2. The van der Waals surface area contributed by atoms with Gasteiger partial charge in [0.1, 0.15) is 0 Å². The Bertz CT molecular complexity index is 821. The molecule has 4 nitrogen and oxygen atoms in total. The Balaban J connectivity index is 1.65. The number of aliphatic carboxylic acids is 1. The molecule has 0 aliphatic heterocycles. The quantitative estimate of drug-likeness (QED) is 0.855. The summed E-state index contributed by atoms with van der Waals surface area (Å²) in [4.78, 5) is 24.3. The van der Waals surface area contributed by atoms with Gasteiger partial charge in [0.25, 0.3) is 0 Å². The van der Waals surface area contributed by atoms with E-state index in [9.17, 15) is 14.7 Å². The first-order valence-electron chi connectivity index (χ1n) is 7.85. The molecule has 2 aromatic carbocycles. The molecule has 2 aliphatic rings. The van der Waals surface area contributed by atoms with E-state index < -0.39 is 17.8 Å². The van der Waals surface area contributed by atoms with E-state index in [0.717, 1.165) is 22.9 Å². The molecule has 0 radical (unpaired) electrons. The number of amides is 1. The molecule has 0 saturated heterocycles. The van der Waals surface area contributed by atoms with Crippen molar-refractivity contribution in [2.24, 2.45) is 23.7 Å². The zero-order valence-electron chi connectivity index (χ0n) is 12.5. The monoisotopic (exact) mass is 307 g/mol. The summed E-state index contributed by atoms with van der Waals surface area (Å²) in [5.41, 5.74) is 0.740. The van der Waals surface area contributed by atoms with Crippen LogP contribution >= 0.6 is 0 Å². The zero-order chi connectivity index (χ0) is 16.0. The maximum Gasteiger partial charge on any atom is 0.307 e. The lowest BCUT2D eigenvalue weighted by Crippen LogP contribution is -2.36. The Labute approximate surface area is 133 Å². The molecule has 1 fully saturated rings. The van der Waals surface area contributed by atoms with E-state index in [1.165, 1.54) is 0 Å². The molecule has 1 amide bonds. The van der Waals surface area contributed by atoms with Crippen LogP contribution in [0.1, 0.15) is 6.42 Å². The van der Waals surface area contributed by atoms with Crippen molar-refractivity contribution in [1.82, 2.24) is 0 Å². The Morgan fingerprint density at radius 1 is 0.957 bits per heavy atom. The average molecular weight is 307 g/mol. The van der Waals surface area contributed by atoms with Crippen LogP contribution < -0.4 is 5.32 Å². The first-order valence-corrected chi connectivity index (χ1v) is 7.85. The van der Waals surface area contributed by atoms with Gasteiger partial charge in [0, 0.05) is 11.1 Å². The number of carbonyl (C=O) groups excluding carboxylic acids is 1. The first kappa shape index (κ1) is 14.0. The van der Waals surface area contributed by atoms with E-state index in [4.69, 9.17) is 0 Å². The summed E-state index contributed by atoms with van der Waals surface area (Å²) in [5.74, 6) is -2.14. The maximum atomic E-state index is 12.8. The summed E-state index contributed by atoms with van der Waals surface area (Å²) in [6.45, 7) is 0. The number of nitrogens with one attached hydrogen (secondary N) is 1. The van der Waals surface area contributed by atoms with E-state index in [1.807, 2.05) is 54.6 Å². The Morgan fingerprint density at radius 3 is 2.43 bits per heavy atom. The van der Waals surface area contributed by atoms with Gasteiger partial charge in [0.15, 0.2) is 0 Å². The number of rotatable bonds is 3. The van der Waals surface area contributed by atoms with Gasteiger partial charge in [0.05, 0.1) is 11.8 Å². The lowest BCUT2D eigenvalue weighted by atomic mass is 9.82. The van der Waals surface area contributed by atoms with Crippen LogP contribution in [0.4, 0.5) is 5.69 Å². The number of anilines is 1. The fourth-order valence-corrected chi connectivity index (χ4v) is 4.07. The third-order valence-electron chi connectivity index (χ3n) is 5.09. The second-order valence-electron chi connectivity index (χ2n) is 6.35. The van der Waals surface area contributed by atoms with Crippen LogP contribution in [0.5, 0.6) is 0 Å². The third kappa shape index (κ3) is 2.22. The minimum atomic E-state index is -0.875. The molecule has 116 valence electrons. The maximum absolute atomic E-state index is 12.8. The standard InChI is InChI=1S/C19H17NO3/c21-18(16-12-8-9-13(10-12)17(16)19(22)23)20-15-7-3-5-11-4-1-2-6-14(11)15/h1-9,12-13,16-17H,10H2,(H,20,21)(H,22,23). The number of hydrogen-bond donors (Lipinski definition) is 2. The fourth-order valence-electron chi connectivity index (χ4n) is 4.07. The molecule has 0 spiro atoms. The largest absolute Gasteiger partial charge is 0.481 e. The molecule has 4 rings (SSSR count). The van der Waals surface area contributed by atoms with Gasteiger partial charge >= 0.3 is 5.97 Å². The van der Waals surface area contributed by atoms with E-state index >= 15 is 0 Å². The number of carboxylic acid groups (broad SMARTS) is 1. The van der Waals surface area contributed by atoms with Gasteiger partial charge < -0.3 is 10.4 Å². The van der Waals surface area contributed by atoms with Gasteiger partial charge in [-0.3, -0.25) is 9.59 Å². The highest BCUT2D eigenvalue weighted by Crippen LogP contribution is 2.48. The lowest BCUT2D eigenvalue weighted by molar-refractivity contribution is -0.146. The molecule has 0 heterocycles. The van der Waals surface area contributed by atoms with Crippen molar-refractivity contribution in [3.05, 3.63) is 54.6 Å². The highest BCUT2D eigenvalue weighted by molar-refractivity contribution is 6.04. The molecule has 1 saturated carbocycles. The van der Waals surface area contributed by atoms with Crippen molar-refractivity contribution in [3.8, 4) is 0 Å². The Kier molecular flexibility index (Phi) is 3.18. The van der Waals surface area contributed by atoms with Crippen LogP contribution in [0.2, 0.25) is 0 Å². The normalized spacial score (nSPS) is 28.2. The molecular formula is C19H17NO3. The minimum absolute atomic E-state index is 0.0132. The fraction of sp³-hybridized carbons (Fsp3) is 0.263. The Morgan fingerprint density at radius 2 is 1.65 bits per heavy atom. The highest BCUT2D eigenvalue weighted by atomic mass is 16.4. The molecule has 4 atom stereocenters. The summed E-state index contributed by atoms with van der Waals surface area (Å²) >= 11 is 0. The van der Waals surface area contributed by atoms with Gasteiger partial charge in [0.2, 0.25) is 5.91 Å². The van der Waals surface area contributed by atoms with Crippen LogP contribution in [-0.2, 0) is 9.59 Å². The first-order chi connectivity index (χ1) is 11.1. The third-order valence-corrected chi connectivity index (χ3v) is 5.09. The summed E-state index contributed by atoms with van der Waals surface area (Å²) in [7, 11) is 0. The number of carbonyl (C=O) groups is 2. The molecule has 23 heavy (non-hydrogen) atoms. The van der Waals surface area contributed by atoms with Crippen LogP contribution in [0.15, 0.2) is 54.6 Å². The van der Waals surface area contributed by atoms with E-state index in [-0.39, 0.29) is 17.7 Å². The van der Waals surface area contributed by atoms with Gasteiger partial charge in [-0.15, -0.1) is 0 Å². The summed E-state index contributed by atoms with van der Waals surface area (Å²) in [6.07, 6.45) is 4.72. The van der Waals surface area contributed by atoms with Crippen molar-refractivity contribution in [3.63, 3.8) is 0 Å². The zero-order valence-corrected chi connectivity index (χ0v) is 12.5. The SMILES string of the molecule is O=C(O)C1C2C=CC(C2)C1C(=O)Nc1cccc2ccccc12. The predicted octanol–water partition coefficient (Wildman–Crippen LogP) is 3.30. The van der Waals surface area contributed by atoms with E-state index in [2.05, 4.69) is 5.32 Å². The lowest BCUT2D eigenvalue weighted by Gasteiger charge is -2.24. The number of hydrogen-bond acceptors (Lipinski definition) is 2. The average Bonchev–Trinajstić information content (AvgIpc) is 3.16.